The van der Waals surface area contributed by atoms with Crippen LogP contribution in [0.3, 0.4) is 0 Å². The molecule has 0 saturated carbocycles. The Morgan fingerprint density at radius 3 is 1.81 bits per heavy atom. The van der Waals surface area contributed by atoms with E-state index >= 15 is 0 Å². The molecule has 0 unspecified atom stereocenters. The van der Waals surface area contributed by atoms with E-state index in [1.54, 1.807) is 48.2 Å². The molecule has 0 aliphatic carbocycles. The minimum absolute atomic E-state index is 0.0904. The van der Waals surface area contributed by atoms with Crippen LogP contribution in [0.2, 0.25) is 0 Å². The molecule has 0 radical (unpaired) electrons. The third-order valence-corrected chi connectivity index (χ3v) is 9.69. The molecule has 0 N–H and O–H groups in total. The van der Waals surface area contributed by atoms with E-state index in [4.69, 9.17) is 0 Å². The number of aryl methyl sites for hydroxylation is 2. The summed E-state index contributed by atoms with van der Waals surface area (Å²) in [4.78, 5) is 3.98. The molecular weight excluding hydrogens is 508 g/mol. The minimum Gasteiger partial charge on any atom is -0.378 e. The van der Waals surface area contributed by atoms with Crippen LogP contribution in [0.25, 0.3) is 0 Å². The smallest absolute Gasteiger partial charge is 0.283 e. The summed E-state index contributed by atoms with van der Waals surface area (Å²) in [6, 6.07) is 20.8. The summed E-state index contributed by atoms with van der Waals surface area (Å²) in [5.41, 5.74) is 3.59. The van der Waals surface area contributed by atoms with Crippen LogP contribution in [-0.4, -0.2) is 59.1 Å². The molecule has 4 rings (SSSR count). The Labute approximate surface area is 220 Å². The first-order valence-electron chi connectivity index (χ1n) is 11.9. The van der Waals surface area contributed by atoms with Crippen LogP contribution in [-0.2, 0) is 20.0 Å². The Bertz CT molecular complexity index is 1500. The number of hydrogen-bond acceptors (Lipinski definition) is 5. The average molecular weight is 541 g/mol. The Hall–Kier alpha value is -3.21. The molecule has 196 valence electrons. The zero-order valence-corrected chi connectivity index (χ0v) is 23.3. The predicted octanol–water partition coefficient (Wildman–Crippen LogP) is 4.18. The molecule has 1 heterocycles. The van der Waals surface area contributed by atoms with Crippen molar-refractivity contribution in [2.45, 2.75) is 36.7 Å². The summed E-state index contributed by atoms with van der Waals surface area (Å²) in [5, 5.41) is 0. The second-order valence-corrected chi connectivity index (χ2v) is 12.9. The van der Waals surface area contributed by atoms with Crippen LogP contribution in [0.4, 0.5) is 5.69 Å². The van der Waals surface area contributed by atoms with E-state index in [-0.39, 0.29) is 22.2 Å². The summed E-state index contributed by atoms with van der Waals surface area (Å²) < 4.78 is 59.1. The minimum atomic E-state index is -3.98. The number of nitrogens with zero attached hydrogens (tertiary/aromatic N) is 4. The molecule has 0 bridgehead atoms. The summed E-state index contributed by atoms with van der Waals surface area (Å²) in [7, 11) is -3.99. The van der Waals surface area contributed by atoms with Crippen LogP contribution in [0.15, 0.2) is 87.0 Å². The van der Waals surface area contributed by atoms with Gasteiger partial charge in [0, 0.05) is 32.9 Å². The molecule has 0 aromatic heterocycles. The quantitative estimate of drug-likeness (QED) is 0.344. The number of amidine groups is 1. The van der Waals surface area contributed by atoms with Crippen molar-refractivity contribution >= 4 is 31.6 Å². The number of benzene rings is 3. The molecule has 3 aromatic rings. The molecule has 1 fully saturated rings. The van der Waals surface area contributed by atoms with Crippen molar-refractivity contribution in [2.75, 3.05) is 32.1 Å². The molecule has 1 aliphatic heterocycles. The van der Waals surface area contributed by atoms with E-state index in [1.165, 1.54) is 16.4 Å². The van der Waals surface area contributed by atoms with Gasteiger partial charge in [-0.15, -0.1) is 4.40 Å². The maximum Gasteiger partial charge on any atom is 0.283 e. The maximum atomic E-state index is 13.7. The SMILES string of the molecule is CC(=NS(=O)(=O)c1ccc(C)cc1)N1CCN(S(=O)(=O)c2ccc(C)cc2)[C@@H]1c1ccc(N(C)C)cc1. The zero-order chi connectivity index (χ0) is 27.0. The van der Waals surface area contributed by atoms with Gasteiger partial charge in [-0.2, -0.15) is 12.7 Å². The van der Waals surface area contributed by atoms with Crippen molar-refractivity contribution < 1.29 is 16.8 Å². The van der Waals surface area contributed by atoms with Gasteiger partial charge < -0.3 is 9.80 Å². The van der Waals surface area contributed by atoms with Gasteiger partial charge in [0.1, 0.15) is 12.0 Å². The predicted molar refractivity (Wildman–Crippen MR) is 147 cm³/mol. The molecule has 37 heavy (non-hydrogen) atoms. The fraction of sp³-hybridized carbons (Fsp3) is 0.296. The highest BCUT2D eigenvalue weighted by Crippen LogP contribution is 2.36. The third kappa shape index (κ3) is 5.56. The summed E-state index contributed by atoms with van der Waals surface area (Å²) in [5.74, 6) is 0.226. The van der Waals surface area contributed by atoms with Gasteiger partial charge in [-0.05, 0) is 62.7 Å². The summed E-state index contributed by atoms with van der Waals surface area (Å²) in [6.07, 6.45) is -0.750. The first-order valence-corrected chi connectivity index (χ1v) is 14.8. The third-order valence-electron chi connectivity index (χ3n) is 6.45. The highest BCUT2D eigenvalue weighted by molar-refractivity contribution is 7.90. The Kier molecular flexibility index (Phi) is 7.45. The van der Waals surface area contributed by atoms with Crippen molar-refractivity contribution in [3.63, 3.8) is 0 Å². The fourth-order valence-electron chi connectivity index (χ4n) is 4.32. The average Bonchev–Trinajstić information content (AvgIpc) is 3.31. The van der Waals surface area contributed by atoms with E-state index in [0.29, 0.717) is 6.54 Å². The Morgan fingerprint density at radius 2 is 1.30 bits per heavy atom. The van der Waals surface area contributed by atoms with Gasteiger partial charge in [-0.3, -0.25) is 0 Å². The van der Waals surface area contributed by atoms with Crippen LogP contribution < -0.4 is 4.90 Å². The van der Waals surface area contributed by atoms with E-state index in [9.17, 15) is 16.8 Å². The molecule has 1 saturated heterocycles. The number of rotatable bonds is 6. The standard InChI is InChI=1S/C27H32N4O4S2/c1-20-6-14-25(15-7-20)36(32,33)28-22(3)30-18-19-31(37(34,35)26-16-8-21(2)9-17-26)27(30)23-10-12-24(13-11-23)29(4)5/h6-17,27H,18-19H2,1-5H3/t27-/m1/s1. The first kappa shape index (κ1) is 26.8. The molecule has 3 aromatic carbocycles. The molecule has 0 amide bonds. The topological polar surface area (TPSA) is 90.4 Å². The Morgan fingerprint density at radius 1 is 0.784 bits per heavy atom. The monoisotopic (exact) mass is 540 g/mol. The highest BCUT2D eigenvalue weighted by Gasteiger charge is 2.42. The lowest BCUT2D eigenvalue weighted by Crippen LogP contribution is -2.37. The van der Waals surface area contributed by atoms with Crippen molar-refractivity contribution in [3.05, 3.63) is 89.5 Å². The number of anilines is 1. The van der Waals surface area contributed by atoms with E-state index in [1.807, 2.05) is 57.1 Å². The molecular formula is C27H32N4O4S2. The zero-order valence-electron chi connectivity index (χ0n) is 21.7. The molecule has 10 heteroatoms. The molecule has 0 spiro atoms. The molecule has 8 nitrogen and oxygen atoms in total. The highest BCUT2D eigenvalue weighted by atomic mass is 32.2. The first-order chi connectivity index (χ1) is 17.4. The lowest BCUT2D eigenvalue weighted by Gasteiger charge is -2.31. The van der Waals surface area contributed by atoms with Gasteiger partial charge in [-0.25, -0.2) is 8.42 Å². The van der Waals surface area contributed by atoms with Crippen molar-refractivity contribution in [1.82, 2.24) is 9.21 Å². The largest absolute Gasteiger partial charge is 0.378 e. The van der Waals surface area contributed by atoms with Crippen LogP contribution in [0, 0.1) is 13.8 Å². The normalized spacial score (nSPS) is 17.3. The lowest BCUT2D eigenvalue weighted by molar-refractivity contribution is 0.284. The van der Waals surface area contributed by atoms with Gasteiger partial charge in [0.2, 0.25) is 10.0 Å². The van der Waals surface area contributed by atoms with E-state index in [2.05, 4.69) is 4.40 Å². The summed E-state index contributed by atoms with van der Waals surface area (Å²) >= 11 is 0. The van der Waals surface area contributed by atoms with E-state index < -0.39 is 26.2 Å². The second kappa shape index (κ2) is 10.3. The molecule has 1 atom stereocenters. The number of hydrogen-bond donors (Lipinski definition) is 0. The fourth-order valence-corrected chi connectivity index (χ4v) is 6.93. The van der Waals surface area contributed by atoms with Crippen LogP contribution in [0.5, 0.6) is 0 Å². The van der Waals surface area contributed by atoms with Gasteiger partial charge in [-0.1, -0.05) is 47.5 Å². The lowest BCUT2D eigenvalue weighted by atomic mass is 10.1. The summed E-state index contributed by atoms with van der Waals surface area (Å²) in [6.45, 7) is 5.87. The van der Waals surface area contributed by atoms with E-state index in [0.717, 1.165) is 22.4 Å². The van der Waals surface area contributed by atoms with Gasteiger partial charge >= 0.3 is 0 Å². The number of sulfonamides is 2. The second-order valence-electron chi connectivity index (χ2n) is 9.41. The van der Waals surface area contributed by atoms with Gasteiger partial charge in [0.25, 0.3) is 10.0 Å². The van der Waals surface area contributed by atoms with Crippen molar-refractivity contribution in [3.8, 4) is 0 Å². The van der Waals surface area contributed by atoms with Gasteiger partial charge in [0.15, 0.2) is 0 Å². The van der Waals surface area contributed by atoms with Crippen molar-refractivity contribution in [2.24, 2.45) is 4.40 Å². The van der Waals surface area contributed by atoms with Crippen LogP contribution in [0.1, 0.15) is 29.8 Å². The molecule has 1 aliphatic rings. The van der Waals surface area contributed by atoms with Crippen LogP contribution >= 0.6 is 0 Å². The van der Waals surface area contributed by atoms with Crippen molar-refractivity contribution in [1.29, 1.82) is 0 Å². The van der Waals surface area contributed by atoms with Gasteiger partial charge in [0.05, 0.1) is 9.79 Å². The Balaban J connectivity index is 1.77. The maximum absolute atomic E-state index is 13.7.